The van der Waals surface area contributed by atoms with Crippen LogP contribution in [0.3, 0.4) is 0 Å². The molecule has 1 aromatic carbocycles. The lowest BCUT2D eigenvalue weighted by Gasteiger charge is -2.29. The fraction of sp³-hybridized carbons (Fsp3) is 0.174. The van der Waals surface area contributed by atoms with E-state index in [-0.39, 0.29) is 5.56 Å². The van der Waals surface area contributed by atoms with Crippen molar-refractivity contribution in [3.63, 3.8) is 0 Å². The predicted octanol–water partition coefficient (Wildman–Crippen LogP) is 3.14. The second-order valence-electron chi connectivity index (χ2n) is 7.65. The first-order valence-electron chi connectivity index (χ1n) is 10.3. The summed E-state index contributed by atoms with van der Waals surface area (Å²) in [4.78, 5) is 30.1. The number of anilines is 1. The molecule has 8 heteroatoms. The second-order valence-corrected chi connectivity index (χ2v) is 7.65. The van der Waals surface area contributed by atoms with Crippen molar-refractivity contribution < 1.29 is 4.42 Å². The molecule has 0 saturated carbocycles. The Hall–Kier alpha value is -3.91. The molecule has 1 aliphatic heterocycles. The van der Waals surface area contributed by atoms with Crippen LogP contribution in [0.25, 0.3) is 44.6 Å². The first-order valence-corrected chi connectivity index (χ1v) is 10.3. The second kappa shape index (κ2) is 7.10. The molecule has 31 heavy (non-hydrogen) atoms. The molecule has 1 fully saturated rings. The Labute approximate surface area is 176 Å². The molecule has 0 amide bonds. The molecule has 5 heterocycles. The Bertz CT molecular complexity index is 1460. The van der Waals surface area contributed by atoms with E-state index in [2.05, 4.69) is 42.3 Å². The highest BCUT2D eigenvalue weighted by Gasteiger charge is 2.15. The standard InChI is InChI=1S/C23H20N6O2/c30-23-17(11-14(13-26-23)16-3-5-25-19-4-10-31-21(16)19)22-27-18-2-1-15(12-20(18)28-22)29-8-6-24-7-9-29/h1-5,10-13,24H,6-9H2,(H,26,30)(H,27,28). The molecule has 0 bridgehead atoms. The van der Waals surface area contributed by atoms with Gasteiger partial charge in [0, 0.05) is 61.5 Å². The third kappa shape index (κ3) is 3.08. The molecule has 1 saturated heterocycles. The highest BCUT2D eigenvalue weighted by atomic mass is 16.3. The summed E-state index contributed by atoms with van der Waals surface area (Å²) in [6.45, 7) is 3.90. The van der Waals surface area contributed by atoms with Crippen molar-refractivity contribution in [2.24, 2.45) is 0 Å². The van der Waals surface area contributed by atoms with Crippen LogP contribution >= 0.6 is 0 Å². The van der Waals surface area contributed by atoms with E-state index < -0.39 is 0 Å². The van der Waals surface area contributed by atoms with Crippen molar-refractivity contribution in [2.45, 2.75) is 0 Å². The number of imidazole rings is 1. The molecule has 8 nitrogen and oxygen atoms in total. The number of fused-ring (bicyclic) bond motifs is 2. The molecular formula is C23H20N6O2. The Kier molecular flexibility index (Phi) is 4.10. The van der Waals surface area contributed by atoms with E-state index in [4.69, 9.17) is 4.42 Å². The summed E-state index contributed by atoms with van der Waals surface area (Å²) in [5.74, 6) is 0.542. The van der Waals surface area contributed by atoms with E-state index in [9.17, 15) is 4.79 Å². The summed E-state index contributed by atoms with van der Waals surface area (Å²) in [6, 6.07) is 11.7. The lowest BCUT2D eigenvalue weighted by atomic mass is 10.1. The normalized spacial score (nSPS) is 14.5. The van der Waals surface area contributed by atoms with E-state index >= 15 is 0 Å². The predicted molar refractivity (Wildman–Crippen MR) is 120 cm³/mol. The third-order valence-electron chi connectivity index (χ3n) is 5.76. The highest BCUT2D eigenvalue weighted by Crippen LogP contribution is 2.30. The molecule has 0 radical (unpaired) electrons. The largest absolute Gasteiger partial charge is 0.462 e. The van der Waals surface area contributed by atoms with Crippen molar-refractivity contribution in [3.8, 4) is 22.5 Å². The average molecular weight is 412 g/mol. The quantitative estimate of drug-likeness (QED) is 0.421. The summed E-state index contributed by atoms with van der Waals surface area (Å²) >= 11 is 0. The van der Waals surface area contributed by atoms with Gasteiger partial charge in [-0.2, -0.15) is 0 Å². The molecule has 6 rings (SSSR count). The molecule has 154 valence electrons. The maximum absolute atomic E-state index is 12.6. The highest BCUT2D eigenvalue weighted by molar-refractivity contribution is 5.90. The number of pyridine rings is 2. The van der Waals surface area contributed by atoms with Gasteiger partial charge in [0.05, 0.1) is 22.9 Å². The van der Waals surface area contributed by atoms with Crippen LogP contribution in [-0.2, 0) is 0 Å². The number of hydrogen-bond acceptors (Lipinski definition) is 6. The number of aromatic amines is 2. The number of hydrogen-bond donors (Lipinski definition) is 3. The lowest BCUT2D eigenvalue weighted by molar-refractivity contribution is 0.589. The van der Waals surface area contributed by atoms with Crippen molar-refractivity contribution in [1.29, 1.82) is 0 Å². The minimum Gasteiger partial charge on any atom is -0.462 e. The Morgan fingerprint density at radius 1 is 1.00 bits per heavy atom. The van der Waals surface area contributed by atoms with Crippen molar-refractivity contribution in [1.82, 2.24) is 25.3 Å². The van der Waals surface area contributed by atoms with Crippen LogP contribution in [0.4, 0.5) is 5.69 Å². The van der Waals surface area contributed by atoms with Crippen LogP contribution in [0.1, 0.15) is 0 Å². The first kappa shape index (κ1) is 17.9. The zero-order chi connectivity index (χ0) is 20.8. The maximum Gasteiger partial charge on any atom is 0.259 e. The lowest BCUT2D eigenvalue weighted by Crippen LogP contribution is -2.43. The van der Waals surface area contributed by atoms with E-state index in [0.29, 0.717) is 17.0 Å². The summed E-state index contributed by atoms with van der Waals surface area (Å²) < 4.78 is 5.61. The molecular weight excluding hydrogens is 392 g/mol. The SMILES string of the molecule is O=c1[nH]cc(-c2ccnc3ccoc23)cc1-c1nc2ccc(N3CCNCC3)cc2[nH]1. The van der Waals surface area contributed by atoms with E-state index in [1.165, 1.54) is 0 Å². The van der Waals surface area contributed by atoms with Crippen LogP contribution in [0.2, 0.25) is 0 Å². The number of piperazine rings is 1. The molecule has 5 aromatic rings. The molecule has 1 aliphatic rings. The minimum atomic E-state index is -0.199. The molecule has 0 atom stereocenters. The van der Waals surface area contributed by atoms with Crippen LogP contribution in [0.15, 0.2) is 64.3 Å². The maximum atomic E-state index is 12.6. The monoisotopic (exact) mass is 412 g/mol. The number of nitrogens with one attached hydrogen (secondary N) is 3. The summed E-state index contributed by atoms with van der Waals surface area (Å²) in [5, 5.41) is 3.37. The van der Waals surface area contributed by atoms with Gasteiger partial charge in [0.15, 0.2) is 5.58 Å². The Balaban J connectivity index is 1.43. The number of aromatic nitrogens is 4. The van der Waals surface area contributed by atoms with Gasteiger partial charge in [-0.25, -0.2) is 4.98 Å². The number of benzene rings is 1. The molecule has 0 unspecified atom stereocenters. The van der Waals surface area contributed by atoms with Crippen LogP contribution in [0, 0.1) is 0 Å². The van der Waals surface area contributed by atoms with Gasteiger partial charge in [0.2, 0.25) is 0 Å². The van der Waals surface area contributed by atoms with Gasteiger partial charge in [0.25, 0.3) is 5.56 Å². The zero-order valence-corrected chi connectivity index (χ0v) is 16.7. The summed E-state index contributed by atoms with van der Waals surface area (Å²) in [6.07, 6.45) is 5.04. The number of rotatable bonds is 3. The topological polar surface area (TPSA) is 103 Å². The fourth-order valence-corrected chi connectivity index (χ4v) is 4.16. The fourth-order valence-electron chi connectivity index (χ4n) is 4.16. The van der Waals surface area contributed by atoms with E-state index in [0.717, 1.165) is 59.5 Å². The molecule has 0 spiro atoms. The number of nitrogens with zero attached hydrogens (tertiary/aromatic N) is 3. The Morgan fingerprint density at radius 2 is 1.90 bits per heavy atom. The van der Waals surface area contributed by atoms with Gasteiger partial charge < -0.3 is 24.6 Å². The molecule has 0 aliphatic carbocycles. The third-order valence-corrected chi connectivity index (χ3v) is 5.76. The van der Waals surface area contributed by atoms with Crippen LogP contribution in [-0.4, -0.2) is 46.1 Å². The van der Waals surface area contributed by atoms with Gasteiger partial charge in [-0.15, -0.1) is 0 Å². The number of H-pyrrole nitrogens is 2. The molecule has 3 N–H and O–H groups in total. The zero-order valence-electron chi connectivity index (χ0n) is 16.7. The number of furan rings is 1. The molecule has 4 aromatic heterocycles. The van der Waals surface area contributed by atoms with E-state index in [1.54, 1.807) is 18.7 Å². The van der Waals surface area contributed by atoms with Gasteiger partial charge in [-0.05, 0) is 30.3 Å². The van der Waals surface area contributed by atoms with Gasteiger partial charge >= 0.3 is 0 Å². The van der Waals surface area contributed by atoms with Crippen LogP contribution in [0.5, 0.6) is 0 Å². The van der Waals surface area contributed by atoms with Gasteiger partial charge in [0.1, 0.15) is 11.3 Å². The smallest absolute Gasteiger partial charge is 0.259 e. The van der Waals surface area contributed by atoms with Gasteiger partial charge in [-0.1, -0.05) is 0 Å². The van der Waals surface area contributed by atoms with Crippen molar-refractivity contribution >= 4 is 27.8 Å². The Morgan fingerprint density at radius 3 is 2.81 bits per heavy atom. The van der Waals surface area contributed by atoms with Crippen molar-refractivity contribution in [3.05, 3.63) is 65.4 Å². The van der Waals surface area contributed by atoms with Crippen LogP contribution < -0.4 is 15.8 Å². The summed E-state index contributed by atoms with van der Waals surface area (Å²) in [5.41, 5.74) is 6.33. The van der Waals surface area contributed by atoms with Crippen molar-refractivity contribution in [2.75, 3.05) is 31.1 Å². The van der Waals surface area contributed by atoms with E-state index in [1.807, 2.05) is 24.3 Å². The average Bonchev–Trinajstić information content (AvgIpc) is 3.46. The summed E-state index contributed by atoms with van der Waals surface area (Å²) in [7, 11) is 0. The first-order chi connectivity index (χ1) is 15.3. The minimum absolute atomic E-state index is 0.199. The van der Waals surface area contributed by atoms with Gasteiger partial charge in [-0.3, -0.25) is 9.78 Å².